The summed E-state index contributed by atoms with van der Waals surface area (Å²) in [5.41, 5.74) is 2.91. The van der Waals surface area contributed by atoms with Crippen LogP contribution in [0.15, 0.2) is 24.3 Å². The second-order valence-corrected chi connectivity index (χ2v) is 4.73. The maximum absolute atomic E-state index is 3.53. The van der Waals surface area contributed by atoms with Crippen LogP contribution in [-0.2, 0) is 0 Å². The van der Waals surface area contributed by atoms with Crippen LogP contribution in [0.5, 0.6) is 0 Å². The van der Waals surface area contributed by atoms with Crippen LogP contribution in [0.4, 0.5) is 0 Å². The first-order valence-corrected chi connectivity index (χ1v) is 6.08. The van der Waals surface area contributed by atoms with Crippen LogP contribution in [0.1, 0.15) is 36.8 Å². The van der Waals surface area contributed by atoms with Crippen molar-refractivity contribution in [2.45, 2.75) is 32.6 Å². The largest absolute Gasteiger partial charge is 0.316 e. The van der Waals surface area contributed by atoms with Crippen LogP contribution in [0.3, 0.4) is 0 Å². The lowest BCUT2D eigenvalue weighted by atomic mass is 9.86. The SMILES string of the molecule is CCC[C@H]1CNC[C@@H]1c1cccc(C)c1. The zero-order chi connectivity index (χ0) is 10.7. The van der Waals surface area contributed by atoms with Gasteiger partial charge in [-0.05, 0) is 31.4 Å². The van der Waals surface area contributed by atoms with E-state index in [0.717, 1.165) is 18.4 Å². The first-order valence-electron chi connectivity index (χ1n) is 6.08. The highest BCUT2D eigenvalue weighted by Gasteiger charge is 2.27. The zero-order valence-corrected chi connectivity index (χ0v) is 9.79. The third-order valence-electron chi connectivity index (χ3n) is 3.47. The molecule has 15 heavy (non-hydrogen) atoms. The summed E-state index contributed by atoms with van der Waals surface area (Å²) in [5.74, 6) is 1.58. The molecule has 0 spiro atoms. The van der Waals surface area contributed by atoms with Gasteiger partial charge in [-0.25, -0.2) is 0 Å². The lowest BCUT2D eigenvalue weighted by Gasteiger charge is -2.18. The van der Waals surface area contributed by atoms with Crippen molar-refractivity contribution >= 4 is 0 Å². The van der Waals surface area contributed by atoms with Crippen molar-refractivity contribution in [3.8, 4) is 0 Å². The van der Waals surface area contributed by atoms with Gasteiger partial charge in [0, 0.05) is 12.5 Å². The fourth-order valence-corrected chi connectivity index (χ4v) is 2.70. The molecule has 0 saturated carbocycles. The second kappa shape index (κ2) is 4.80. The molecule has 0 bridgehead atoms. The molecular weight excluding hydrogens is 182 g/mol. The molecule has 1 fully saturated rings. The Balaban J connectivity index is 2.15. The normalized spacial score (nSPS) is 25.7. The minimum Gasteiger partial charge on any atom is -0.316 e. The summed E-state index contributed by atoms with van der Waals surface area (Å²) in [6.45, 7) is 6.83. The maximum Gasteiger partial charge on any atom is 0.00234 e. The van der Waals surface area contributed by atoms with Crippen molar-refractivity contribution < 1.29 is 0 Å². The highest BCUT2D eigenvalue weighted by Crippen LogP contribution is 2.31. The van der Waals surface area contributed by atoms with Crippen LogP contribution in [0.25, 0.3) is 0 Å². The molecule has 0 aromatic heterocycles. The average molecular weight is 203 g/mol. The Morgan fingerprint density at radius 3 is 2.93 bits per heavy atom. The number of rotatable bonds is 3. The summed E-state index contributed by atoms with van der Waals surface area (Å²) in [6.07, 6.45) is 2.65. The molecule has 1 heterocycles. The smallest absolute Gasteiger partial charge is 0.00234 e. The molecule has 1 aliphatic rings. The van der Waals surface area contributed by atoms with E-state index in [1.807, 2.05) is 0 Å². The van der Waals surface area contributed by atoms with Gasteiger partial charge < -0.3 is 5.32 Å². The topological polar surface area (TPSA) is 12.0 Å². The highest BCUT2D eigenvalue weighted by molar-refractivity contribution is 5.27. The molecule has 1 aromatic carbocycles. The van der Waals surface area contributed by atoms with E-state index in [4.69, 9.17) is 0 Å². The number of benzene rings is 1. The Bertz CT molecular complexity index is 319. The van der Waals surface area contributed by atoms with E-state index >= 15 is 0 Å². The quantitative estimate of drug-likeness (QED) is 0.796. The summed E-state index contributed by atoms with van der Waals surface area (Å²) < 4.78 is 0. The number of hydrogen-bond acceptors (Lipinski definition) is 1. The van der Waals surface area contributed by atoms with E-state index in [0.29, 0.717) is 0 Å². The molecule has 1 saturated heterocycles. The summed E-state index contributed by atoms with van der Waals surface area (Å²) in [4.78, 5) is 0. The van der Waals surface area contributed by atoms with Gasteiger partial charge in [0.2, 0.25) is 0 Å². The highest BCUT2D eigenvalue weighted by atomic mass is 14.9. The van der Waals surface area contributed by atoms with Crippen LogP contribution in [0.2, 0.25) is 0 Å². The standard InChI is InChI=1S/C14H21N/c1-3-5-13-9-15-10-14(13)12-7-4-6-11(2)8-12/h4,6-8,13-15H,3,5,9-10H2,1-2H3/t13-,14+/m0/s1. The fourth-order valence-electron chi connectivity index (χ4n) is 2.70. The fraction of sp³-hybridized carbons (Fsp3) is 0.571. The van der Waals surface area contributed by atoms with Gasteiger partial charge >= 0.3 is 0 Å². The van der Waals surface area contributed by atoms with Gasteiger partial charge in [-0.1, -0.05) is 43.2 Å². The molecule has 0 unspecified atom stereocenters. The Morgan fingerprint density at radius 1 is 1.33 bits per heavy atom. The van der Waals surface area contributed by atoms with E-state index in [2.05, 4.69) is 43.4 Å². The van der Waals surface area contributed by atoms with Crippen LogP contribution >= 0.6 is 0 Å². The third-order valence-corrected chi connectivity index (χ3v) is 3.47. The first-order chi connectivity index (χ1) is 7.31. The molecule has 2 rings (SSSR count). The van der Waals surface area contributed by atoms with E-state index in [1.54, 1.807) is 0 Å². The molecule has 1 aliphatic heterocycles. The summed E-state index contributed by atoms with van der Waals surface area (Å²) >= 11 is 0. The molecule has 2 atom stereocenters. The minimum absolute atomic E-state index is 0.741. The molecule has 0 amide bonds. The predicted molar refractivity (Wildman–Crippen MR) is 65.2 cm³/mol. The van der Waals surface area contributed by atoms with Gasteiger partial charge in [-0.15, -0.1) is 0 Å². The zero-order valence-electron chi connectivity index (χ0n) is 9.79. The van der Waals surface area contributed by atoms with Crippen molar-refractivity contribution in [1.29, 1.82) is 0 Å². The number of hydrogen-bond donors (Lipinski definition) is 1. The van der Waals surface area contributed by atoms with Gasteiger partial charge in [-0.3, -0.25) is 0 Å². The molecule has 1 nitrogen and oxygen atoms in total. The molecule has 0 radical (unpaired) electrons. The molecule has 0 aliphatic carbocycles. The monoisotopic (exact) mass is 203 g/mol. The van der Waals surface area contributed by atoms with Gasteiger partial charge in [0.15, 0.2) is 0 Å². The average Bonchev–Trinajstić information content (AvgIpc) is 2.66. The summed E-state index contributed by atoms with van der Waals surface area (Å²) in [6, 6.07) is 9.00. The van der Waals surface area contributed by atoms with Gasteiger partial charge in [0.25, 0.3) is 0 Å². The van der Waals surface area contributed by atoms with Gasteiger partial charge in [0.05, 0.1) is 0 Å². The van der Waals surface area contributed by atoms with Crippen LogP contribution < -0.4 is 5.32 Å². The third kappa shape index (κ3) is 2.40. The summed E-state index contributed by atoms with van der Waals surface area (Å²) in [7, 11) is 0. The van der Waals surface area contributed by atoms with Gasteiger partial charge in [0.1, 0.15) is 0 Å². The molecular formula is C14H21N. The number of nitrogens with one attached hydrogen (secondary N) is 1. The summed E-state index contributed by atoms with van der Waals surface area (Å²) in [5, 5.41) is 3.53. The lowest BCUT2D eigenvalue weighted by molar-refractivity contribution is 0.473. The maximum atomic E-state index is 3.53. The van der Waals surface area contributed by atoms with E-state index in [-0.39, 0.29) is 0 Å². The van der Waals surface area contributed by atoms with E-state index in [9.17, 15) is 0 Å². The first kappa shape index (κ1) is 10.7. The molecule has 1 aromatic rings. The van der Waals surface area contributed by atoms with E-state index < -0.39 is 0 Å². The Morgan fingerprint density at radius 2 is 2.20 bits per heavy atom. The number of aryl methyl sites for hydroxylation is 1. The van der Waals surface area contributed by atoms with Crippen molar-refractivity contribution in [1.82, 2.24) is 5.32 Å². The van der Waals surface area contributed by atoms with Crippen molar-refractivity contribution in [2.24, 2.45) is 5.92 Å². The second-order valence-electron chi connectivity index (χ2n) is 4.73. The molecule has 1 N–H and O–H groups in total. The molecule has 82 valence electrons. The minimum atomic E-state index is 0.741. The van der Waals surface area contributed by atoms with Gasteiger partial charge in [-0.2, -0.15) is 0 Å². The van der Waals surface area contributed by atoms with Crippen molar-refractivity contribution in [3.63, 3.8) is 0 Å². The molecule has 1 heteroatoms. The Hall–Kier alpha value is -0.820. The Labute approximate surface area is 92.9 Å². The van der Waals surface area contributed by atoms with Crippen LogP contribution in [-0.4, -0.2) is 13.1 Å². The van der Waals surface area contributed by atoms with Crippen molar-refractivity contribution in [2.75, 3.05) is 13.1 Å². The lowest BCUT2D eigenvalue weighted by Crippen LogP contribution is -2.10. The predicted octanol–water partition coefficient (Wildman–Crippen LogP) is 3.10. The van der Waals surface area contributed by atoms with E-state index in [1.165, 1.54) is 30.5 Å². The Kier molecular flexibility index (Phi) is 3.42. The van der Waals surface area contributed by atoms with Crippen molar-refractivity contribution in [3.05, 3.63) is 35.4 Å². The van der Waals surface area contributed by atoms with Crippen LogP contribution in [0, 0.1) is 12.8 Å².